The van der Waals surface area contributed by atoms with Crippen LogP contribution in [0.4, 0.5) is 0 Å². The van der Waals surface area contributed by atoms with Crippen molar-refractivity contribution in [3.05, 3.63) is 36.0 Å². The maximum atomic E-state index is 5.11. The second-order valence-corrected chi connectivity index (χ2v) is 3.58. The number of nitrogens with zero attached hydrogens (tertiary/aromatic N) is 3. The minimum Gasteiger partial charge on any atom is -0.377 e. The molecule has 1 unspecified atom stereocenters. The lowest BCUT2D eigenvalue weighted by atomic mass is 10.1. The van der Waals surface area contributed by atoms with Crippen LogP contribution in [-0.4, -0.2) is 21.9 Å². The van der Waals surface area contributed by atoms with Crippen molar-refractivity contribution in [2.75, 3.05) is 7.11 Å². The highest BCUT2D eigenvalue weighted by atomic mass is 16.5. The van der Waals surface area contributed by atoms with E-state index in [2.05, 4.69) is 39.1 Å². The summed E-state index contributed by atoms with van der Waals surface area (Å²) in [6.45, 7) is 2.48. The minimum absolute atomic E-state index is 0.329. The number of hydrogen-bond donors (Lipinski definition) is 0. The second-order valence-electron chi connectivity index (χ2n) is 3.58. The molecule has 80 valence electrons. The largest absolute Gasteiger partial charge is 0.377 e. The molecule has 1 aromatic heterocycles. The van der Waals surface area contributed by atoms with Crippen LogP contribution in [0, 0.1) is 6.92 Å². The highest BCUT2D eigenvalue weighted by Gasteiger charge is 2.15. The first-order valence-corrected chi connectivity index (χ1v) is 5.05. The van der Waals surface area contributed by atoms with Gasteiger partial charge in [-0.25, -0.2) is 0 Å². The van der Waals surface area contributed by atoms with Gasteiger partial charge in [0.15, 0.2) is 5.82 Å². The van der Waals surface area contributed by atoms with Crippen LogP contribution in [0.25, 0.3) is 0 Å². The molecule has 0 aromatic carbocycles. The normalized spacial score (nSPS) is 19.7. The van der Waals surface area contributed by atoms with Gasteiger partial charge in [-0.05, 0) is 13.3 Å². The highest BCUT2D eigenvalue weighted by Crippen LogP contribution is 2.21. The fourth-order valence-electron chi connectivity index (χ4n) is 1.83. The summed E-state index contributed by atoms with van der Waals surface area (Å²) in [5.74, 6) is 1.83. The van der Waals surface area contributed by atoms with Gasteiger partial charge in [0.1, 0.15) is 12.4 Å². The molecule has 1 aliphatic rings. The summed E-state index contributed by atoms with van der Waals surface area (Å²) in [5, 5.41) is 8.20. The molecule has 1 atom stereocenters. The predicted octanol–water partition coefficient (Wildman–Crippen LogP) is 1.79. The predicted molar refractivity (Wildman–Crippen MR) is 57.4 cm³/mol. The van der Waals surface area contributed by atoms with Crippen molar-refractivity contribution < 1.29 is 4.74 Å². The molecule has 15 heavy (non-hydrogen) atoms. The average Bonchev–Trinajstić information content (AvgIpc) is 2.62. The summed E-state index contributed by atoms with van der Waals surface area (Å²) in [4.78, 5) is 0. The van der Waals surface area contributed by atoms with Gasteiger partial charge in [-0.15, -0.1) is 10.2 Å². The third-order valence-electron chi connectivity index (χ3n) is 2.50. The van der Waals surface area contributed by atoms with E-state index in [0.717, 1.165) is 18.1 Å². The number of allylic oxidation sites excluding steroid dienone is 4. The van der Waals surface area contributed by atoms with E-state index in [4.69, 9.17) is 4.74 Å². The molecule has 1 heterocycles. The lowest BCUT2D eigenvalue weighted by Crippen LogP contribution is -2.13. The van der Waals surface area contributed by atoms with Gasteiger partial charge in [0, 0.05) is 7.11 Å². The molecular formula is C11H15N3O. The molecular weight excluding hydrogens is 190 g/mol. The van der Waals surface area contributed by atoms with Gasteiger partial charge in [0.25, 0.3) is 0 Å². The molecule has 0 fully saturated rings. The van der Waals surface area contributed by atoms with E-state index in [1.165, 1.54) is 0 Å². The lowest BCUT2D eigenvalue weighted by molar-refractivity contribution is 0.172. The summed E-state index contributed by atoms with van der Waals surface area (Å²) in [5.41, 5.74) is 0. The number of rotatable bonds is 3. The summed E-state index contributed by atoms with van der Waals surface area (Å²) < 4.78 is 7.24. The van der Waals surface area contributed by atoms with Crippen molar-refractivity contribution in [3.63, 3.8) is 0 Å². The molecule has 4 heteroatoms. The lowest BCUT2D eigenvalue weighted by Gasteiger charge is -2.18. The van der Waals surface area contributed by atoms with Crippen molar-refractivity contribution in [1.82, 2.24) is 14.8 Å². The van der Waals surface area contributed by atoms with Crippen LogP contribution in [0.1, 0.15) is 24.1 Å². The van der Waals surface area contributed by atoms with E-state index in [-0.39, 0.29) is 0 Å². The SMILES string of the molecule is COCc1nnc(C)n1C1C=CC=CC1. The maximum absolute atomic E-state index is 5.11. The van der Waals surface area contributed by atoms with Crippen molar-refractivity contribution >= 4 is 0 Å². The quantitative estimate of drug-likeness (QED) is 0.755. The minimum atomic E-state index is 0.329. The first-order valence-electron chi connectivity index (χ1n) is 5.05. The Bertz CT molecular complexity index is 393. The Morgan fingerprint density at radius 3 is 3.00 bits per heavy atom. The first kappa shape index (κ1) is 10.1. The van der Waals surface area contributed by atoms with Crippen LogP contribution in [0.5, 0.6) is 0 Å². The van der Waals surface area contributed by atoms with Gasteiger partial charge < -0.3 is 9.30 Å². The average molecular weight is 205 g/mol. The number of hydrogen-bond acceptors (Lipinski definition) is 3. The highest BCUT2D eigenvalue weighted by molar-refractivity contribution is 5.15. The molecule has 0 radical (unpaired) electrons. The summed E-state index contributed by atoms with van der Waals surface area (Å²) >= 11 is 0. The molecule has 0 N–H and O–H groups in total. The van der Waals surface area contributed by atoms with E-state index >= 15 is 0 Å². The molecule has 0 saturated carbocycles. The Balaban J connectivity index is 2.29. The molecule has 2 rings (SSSR count). The zero-order valence-electron chi connectivity index (χ0n) is 9.05. The molecule has 0 saturated heterocycles. The fourth-order valence-corrected chi connectivity index (χ4v) is 1.83. The zero-order valence-corrected chi connectivity index (χ0v) is 9.05. The van der Waals surface area contributed by atoms with Gasteiger partial charge in [-0.2, -0.15) is 0 Å². The summed E-state index contributed by atoms with van der Waals surface area (Å²) in [6.07, 6.45) is 9.43. The molecule has 0 bridgehead atoms. The Morgan fingerprint density at radius 1 is 1.47 bits per heavy atom. The van der Waals surface area contributed by atoms with E-state index < -0.39 is 0 Å². The van der Waals surface area contributed by atoms with Crippen molar-refractivity contribution in [2.45, 2.75) is 26.0 Å². The van der Waals surface area contributed by atoms with Crippen molar-refractivity contribution in [1.29, 1.82) is 0 Å². The van der Waals surface area contributed by atoms with E-state index in [0.29, 0.717) is 12.6 Å². The maximum Gasteiger partial charge on any atom is 0.159 e. The molecule has 0 amide bonds. The number of methoxy groups -OCH3 is 1. The van der Waals surface area contributed by atoms with Crippen LogP contribution in [-0.2, 0) is 11.3 Å². The van der Waals surface area contributed by atoms with E-state index in [1.54, 1.807) is 7.11 Å². The molecule has 0 spiro atoms. The summed E-state index contributed by atoms with van der Waals surface area (Å²) in [7, 11) is 1.67. The Kier molecular flexibility index (Phi) is 2.97. The Hall–Kier alpha value is -1.42. The van der Waals surface area contributed by atoms with Gasteiger partial charge >= 0.3 is 0 Å². The van der Waals surface area contributed by atoms with Crippen LogP contribution in [0.15, 0.2) is 24.3 Å². The van der Waals surface area contributed by atoms with E-state index in [1.807, 2.05) is 6.92 Å². The van der Waals surface area contributed by atoms with Gasteiger partial charge in [-0.1, -0.05) is 24.3 Å². The third-order valence-corrected chi connectivity index (χ3v) is 2.50. The van der Waals surface area contributed by atoms with Gasteiger partial charge in [0.05, 0.1) is 6.04 Å². The first-order chi connectivity index (χ1) is 7.33. The molecule has 1 aliphatic carbocycles. The van der Waals surface area contributed by atoms with E-state index in [9.17, 15) is 0 Å². The molecule has 4 nitrogen and oxygen atoms in total. The standard InChI is InChI=1S/C11H15N3O/c1-9-12-13-11(8-15-2)14(9)10-6-4-3-5-7-10/h3-6,10H,7-8H2,1-2H3. The fraction of sp³-hybridized carbons (Fsp3) is 0.455. The Labute approximate surface area is 89.3 Å². The third kappa shape index (κ3) is 1.99. The van der Waals surface area contributed by atoms with Crippen LogP contribution >= 0.6 is 0 Å². The van der Waals surface area contributed by atoms with Crippen LogP contribution in [0.3, 0.4) is 0 Å². The van der Waals surface area contributed by atoms with Crippen LogP contribution in [0.2, 0.25) is 0 Å². The van der Waals surface area contributed by atoms with Gasteiger partial charge in [-0.3, -0.25) is 0 Å². The van der Waals surface area contributed by atoms with Crippen molar-refractivity contribution in [3.8, 4) is 0 Å². The topological polar surface area (TPSA) is 39.9 Å². The smallest absolute Gasteiger partial charge is 0.159 e. The number of aromatic nitrogens is 3. The zero-order chi connectivity index (χ0) is 10.7. The van der Waals surface area contributed by atoms with Crippen molar-refractivity contribution in [2.24, 2.45) is 0 Å². The van der Waals surface area contributed by atoms with Crippen LogP contribution < -0.4 is 0 Å². The Morgan fingerprint density at radius 2 is 2.33 bits per heavy atom. The molecule has 1 aromatic rings. The number of aryl methyl sites for hydroxylation is 1. The second kappa shape index (κ2) is 4.40. The summed E-state index contributed by atoms with van der Waals surface area (Å²) in [6, 6.07) is 0.329. The monoisotopic (exact) mass is 205 g/mol. The molecule has 0 aliphatic heterocycles. The number of ether oxygens (including phenoxy) is 1. The van der Waals surface area contributed by atoms with Gasteiger partial charge in [0.2, 0.25) is 0 Å².